The first-order chi connectivity index (χ1) is 25.6. The molecule has 0 aromatic carbocycles. The van der Waals surface area contributed by atoms with Crippen molar-refractivity contribution in [3.8, 4) is 0 Å². The van der Waals surface area contributed by atoms with E-state index in [2.05, 4.69) is 18.0 Å². The van der Waals surface area contributed by atoms with Gasteiger partial charge in [-0.15, -0.1) is 0 Å². The first-order valence-electron chi connectivity index (χ1n) is 21.3. The molecular formula is C40H78O12S. The molecule has 0 aromatic heterocycles. The maximum atomic E-state index is 12.8. The molecule has 1 rings (SSSR count). The van der Waals surface area contributed by atoms with Crippen molar-refractivity contribution in [2.75, 3.05) is 26.4 Å². The van der Waals surface area contributed by atoms with Crippen LogP contribution in [0.5, 0.6) is 0 Å². The Morgan fingerprint density at radius 3 is 1.51 bits per heavy atom. The molecule has 0 spiro atoms. The largest absolute Gasteiger partial charge is 0.457 e. The maximum Gasteiger partial charge on any atom is 0.397 e. The van der Waals surface area contributed by atoms with Gasteiger partial charge in [-0.3, -0.25) is 9.35 Å². The fourth-order valence-electron chi connectivity index (χ4n) is 6.73. The van der Waals surface area contributed by atoms with Crippen molar-refractivity contribution in [2.45, 2.75) is 224 Å². The van der Waals surface area contributed by atoms with Gasteiger partial charge < -0.3 is 34.3 Å². The van der Waals surface area contributed by atoms with Gasteiger partial charge in [0, 0.05) is 13.0 Å². The van der Waals surface area contributed by atoms with Gasteiger partial charge in [-0.25, -0.2) is 4.18 Å². The lowest BCUT2D eigenvalue weighted by Gasteiger charge is -2.41. The monoisotopic (exact) mass is 783 g/mol. The van der Waals surface area contributed by atoms with Crippen LogP contribution >= 0.6 is 0 Å². The number of aliphatic hydroxyl groups excluding tert-OH is 3. The van der Waals surface area contributed by atoms with Crippen LogP contribution in [0.2, 0.25) is 0 Å². The molecule has 0 amide bonds. The molecule has 1 aliphatic heterocycles. The lowest BCUT2D eigenvalue weighted by Crippen LogP contribution is -2.60. The summed E-state index contributed by atoms with van der Waals surface area (Å²) in [6.07, 6.45) is 22.8. The molecule has 0 aliphatic carbocycles. The van der Waals surface area contributed by atoms with Crippen LogP contribution in [-0.4, -0.2) is 97.5 Å². The van der Waals surface area contributed by atoms with E-state index in [4.69, 9.17) is 23.5 Å². The second-order valence-electron chi connectivity index (χ2n) is 15.0. The molecule has 13 heteroatoms. The number of carbonyl (C=O) groups excluding carboxylic acids is 1. The van der Waals surface area contributed by atoms with Gasteiger partial charge in [-0.2, -0.15) is 8.42 Å². The molecule has 0 saturated carbocycles. The molecule has 12 nitrogen and oxygen atoms in total. The van der Waals surface area contributed by atoms with E-state index >= 15 is 0 Å². The Morgan fingerprint density at radius 2 is 1.08 bits per heavy atom. The number of esters is 1. The van der Waals surface area contributed by atoms with Crippen molar-refractivity contribution in [1.82, 2.24) is 0 Å². The Balaban J connectivity index is 2.45. The van der Waals surface area contributed by atoms with Gasteiger partial charge >= 0.3 is 16.4 Å². The van der Waals surface area contributed by atoms with Crippen molar-refractivity contribution >= 4 is 16.4 Å². The van der Waals surface area contributed by atoms with Crippen LogP contribution in [0.3, 0.4) is 0 Å². The predicted molar refractivity (Wildman–Crippen MR) is 207 cm³/mol. The van der Waals surface area contributed by atoms with Crippen LogP contribution in [0.1, 0.15) is 187 Å². The molecule has 1 aliphatic rings. The zero-order valence-corrected chi connectivity index (χ0v) is 34.2. The zero-order valence-electron chi connectivity index (χ0n) is 33.3. The van der Waals surface area contributed by atoms with Gasteiger partial charge in [0.1, 0.15) is 30.5 Å². The molecule has 6 atom stereocenters. The lowest BCUT2D eigenvalue weighted by atomic mass is 9.99. The van der Waals surface area contributed by atoms with Crippen LogP contribution in [0.4, 0.5) is 0 Å². The third kappa shape index (κ3) is 27.4. The third-order valence-corrected chi connectivity index (χ3v) is 10.4. The van der Waals surface area contributed by atoms with Crippen LogP contribution < -0.4 is 0 Å². The van der Waals surface area contributed by atoms with Crippen molar-refractivity contribution < 1.29 is 56.2 Å². The van der Waals surface area contributed by atoms with Crippen LogP contribution in [-0.2, 0) is 38.3 Å². The standard InChI is InChI=1S/C40H78O12S/c1-3-5-7-9-11-13-15-17-18-19-21-23-25-27-29-36(42)50-34(32-48-30-28-26-24-22-20-16-14-12-10-8-6-4-2)33-49-40-38(44)39(52-53(45,46)47)37(43)35(31-41)51-40/h34-35,37-41,43-44H,3-33H2,1-2H3,(H,45,46,47). The summed E-state index contributed by atoms with van der Waals surface area (Å²) in [5.41, 5.74) is 0. The smallest absolute Gasteiger partial charge is 0.397 e. The summed E-state index contributed by atoms with van der Waals surface area (Å²) in [5, 5.41) is 30.6. The van der Waals surface area contributed by atoms with E-state index in [0.717, 1.165) is 38.5 Å². The van der Waals surface area contributed by atoms with E-state index in [1.807, 2.05) is 0 Å². The Labute approximate surface area is 322 Å². The molecule has 1 saturated heterocycles. The van der Waals surface area contributed by atoms with Gasteiger partial charge in [0.2, 0.25) is 0 Å². The third-order valence-electron chi connectivity index (χ3n) is 9.98. The lowest BCUT2D eigenvalue weighted by molar-refractivity contribution is -0.301. The second kappa shape index (κ2) is 33.3. The Hall–Kier alpha value is -0.900. The van der Waals surface area contributed by atoms with E-state index in [1.54, 1.807) is 0 Å². The maximum absolute atomic E-state index is 12.8. The quantitative estimate of drug-likeness (QED) is 0.0271. The highest BCUT2D eigenvalue weighted by Crippen LogP contribution is 2.26. The summed E-state index contributed by atoms with van der Waals surface area (Å²) in [4.78, 5) is 12.8. The van der Waals surface area contributed by atoms with E-state index < -0.39 is 59.8 Å². The molecule has 1 fully saturated rings. The molecule has 0 bridgehead atoms. The highest BCUT2D eigenvalue weighted by Gasteiger charge is 2.48. The van der Waals surface area contributed by atoms with E-state index in [1.165, 1.54) is 122 Å². The van der Waals surface area contributed by atoms with Gasteiger partial charge in [-0.05, 0) is 12.8 Å². The van der Waals surface area contributed by atoms with Crippen molar-refractivity contribution in [1.29, 1.82) is 0 Å². The summed E-state index contributed by atoms with van der Waals surface area (Å²) in [7, 11) is -5.05. The highest BCUT2D eigenvalue weighted by molar-refractivity contribution is 7.80. The normalized spacial score (nSPS) is 21.2. The van der Waals surface area contributed by atoms with Crippen molar-refractivity contribution in [3.05, 3.63) is 0 Å². The number of carbonyl (C=O) groups is 1. The first kappa shape index (κ1) is 50.1. The minimum Gasteiger partial charge on any atom is -0.457 e. The fraction of sp³-hybridized carbons (Fsp3) is 0.975. The number of aliphatic hydroxyl groups is 3. The average Bonchev–Trinajstić information content (AvgIpc) is 3.12. The number of unbranched alkanes of at least 4 members (excludes halogenated alkanes) is 24. The van der Waals surface area contributed by atoms with Crippen LogP contribution in [0, 0.1) is 0 Å². The van der Waals surface area contributed by atoms with E-state index in [0.29, 0.717) is 13.0 Å². The molecule has 6 unspecified atom stereocenters. The van der Waals surface area contributed by atoms with Crippen molar-refractivity contribution in [2.24, 2.45) is 0 Å². The SMILES string of the molecule is CCCCCCCCCCCCCCCCC(=O)OC(COCCCCCCCCCCCCCC)COC1OC(CO)C(O)C(OS(=O)(=O)O)C1O. The summed E-state index contributed by atoms with van der Waals surface area (Å²) >= 11 is 0. The van der Waals surface area contributed by atoms with Crippen LogP contribution in [0.15, 0.2) is 0 Å². The average molecular weight is 783 g/mol. The molecule has 0 aromatic rings. The Bertz CT molecular complexity index is 952. The van der Waals surface area contributed by atoms with Crippen LogP contribution in [0.25, 0.3) is 0 Å². The van der Waals surface area contributed by atoms with E-state index in [-0.39, 0.29) is 19.6 Å². The summed E-state index contributed by atoms with van der Waals surface area (Å²) in [5.74, 6) is -0.396. The fourth-order valence-corrected chi connectivity index (χ4v) is 7.24. The molecule has 53 heavy (non-hydrogen) atoms. The van der Waals surface area contributed by atoms with Crippen molar-refractivity contribution in [3.63, 3.8) is 0 Å². The van der Waals surface area contributed by atoms with Gasteiger partial charge in [0.15, 0.2) is 6.29 Å². The first-order valence-corrected chi connectivity index (χ1v) is 22.7. The number of hydrogen-bond acceptors (Lipinski definition) is 11. The van der Waals surface area contributed by atoms with Gasteiger partial charge in [0.25, 0.3) is 0 Å². The number of ether oxygens (including phenoxy) is 4. The number of rotatable bonds is 37. The minimum atomic E-state index is -5.05. The second-order valence-corrected chi connectivity index (χ2v) is 16.0. The molecule has 316 valence electrons. The summed E-state index contributed by atoms with van der Waals surface area (Å²) in [6, 6.07) is 0. The van der Waals surface area contributed by atoms with E-state index in [9.17, 15) is 28.5 Å². The molecule has 4 N–H and O–H groups in total. The summed E-state index contributed by atoms with van der Waals surface area (Å²) in [6.45, 7) is 4.00. The topological polar surface area (TPSA) is 178 Å². The highest BCUT2D eigenvalue weighted by atomic mass is 32.3. The zero-order chi connectivity index (χ0) is 39.0. The molecular weight excluding hydrogens is 704 g/mol. The van der Waals surface area contributed by atoms with Gasteiger partial charge in [0.05, 0.1) is 19.8 Å². The minimum absolute atomic E-state index is 0.0440. The van der Waals surface area contributed by atoms with Gasteiger partial charge in [-0.1, -0.05) is 168 Å². The Morgan fingerprint density at radius 1 is 0.642 bits per heavy atom. The molecule has 0 radical (unpaired) electrons. The Kier molecular flexibility index (Phi) is 31.5. The molecule has 1 heterocycles. The number of hydrogen-bond donors (Lipinski definition) is 4. The summed E-state index contributed by atoms with van der Waals surface area (Å²) < 4.78 is 58.9. The predicted octanol–water partition coefficient (Wildman–Crippen LogP) is 8.13.